The van der Waals surface area contributed by atoms with Crippen molar-refractivity contribution in [1.82, 2.24) is 0 Å². The molecule has 4 nitrogen and oxygen atoms in total. The van der Waals surface area contributed by atoms with Gasteiger partial charge < -0.3 is 18.9 Å². The maximum Gasteiger partial charge on any atom is 2.00 e. The van der Waals surface area contributed by atoms with Gasteiger partial charge in [0.1, 0.15) is 0 Å². The maximum atomic E-state index is 9.72. The van der Waals surface area contributed by atoms with Crippen LogP contribution >= 0.6 is 16.1 Å². The van der Waals surface area contributed by atoms with Crippen molar-refractivity contribution in [3.05, 3.63) is 0 Å². The Kier molecular flexibility index (Phi) is 11.4. The molecule has 0 fully saturated rings. The average molecular weight is 196 g/mol. The molecule has 2 unspecified atom stereocenters. The van der Waals surface area contributed by atoms with E-state index in [4.69, 9.17) is 0 Å². The Balaban J connectivity index is 0. The van der Waals surface area contributed by atoms with Crippen LogP contribution in [0.2, 0.25) is 0 Å². The standard InChI is InChI=1S/C2H8O4P2.Ca/c3-7(4)1-2-8(5)6;/h7-8H,1-2H2,(H,3,4)(H,5,6);/q;+2/p-2. The van der Waals surface area contributed by atoms with Crippen LogP contribution in [-0.2, 0) is 9.13 Å². The Labute approximate surface area is 84.4 Å². The van der Waals surface area contributed by atoms with Gasteiger partial charge in [0.25, 0.3) is 0 Å². The van der Waals surface area contributed by atoms with Crippen LogP contribution in [-0.4, -0.2) is 50.1 Å². The molecule has 0 aromatic rings. The van der Waals surface area contributed by atoms with E-state index in [9.17, 15) is 18.9 Å². The number of hydrogen-bond acceptors (Lipinski definition) is 4. The van der Waals surface area contributed by atoms with Crippen LogP contribution in [0.5, 0.6) is 0 Å². The molecule has 0 radical (unpaired) electrons. The summed E-state index contributed by atoms with van der Waals surface area (Å²) in [6.07, 6.45) is -0.405. The molecule has 0 aliphatic heterocycles. The predicted molar refractivity (Wildman–Crippen MR) is 33.5 cm³/mol. The van der Waals surface area contributed by atoms with Gasteiger partial charge >= 0.3 is 37.7 Å². The zero-order chi connectivity index (χ0) is 6.57. The summed E-state index contributed by atoms with van der Waals surface area (Å²) in [7, 11) is -5.61. The van der Waals surface area contributed by atoms with E-state index in [0.717, 1.165) is 0 Å². The van der Waals surface area contributed by atoms with Gasteiger partial charge in [-0.05, 0) is 12.3 Å². The van der Waals surface area contributed by atoms with Crippen LogP contribution in [0.25, 0.3) is 0 Å². The molecule has 0 aromatic carbocycles. The molecule has 2 atom stereocenters. The molecule has 0 aliphatic rings. The van der Waals surface area contributed by atoms with E-state index in [0.29, 0.717) is 0 Å². The second-order valence-electron chi connectivity index (χ2n) is 1.24. The average Bonchev–Trinajstić information content (AvgIpc) is 1.61. The van der Waals surface area contributed by atoms with Crippen molar-refractivity contribution in [2.45, 2.75) is 0 Å². The first-order valence-corrected chi connectivity index (χ1v) is 5.07. The Morgan fingerprint density at radius 1 is 1.00 bits per heavy atom. The van der Waals surface area contributed by atoms with Crippen LogP contribution in [0.1, 0.15) is 0 Å². The minimum Gasteiger partial charge on any atom is -0.802 e. The number of rotatable bonds is 3. The predicted octanol–water partition coefficient (Wildman–Crippen LogP) is -1.72. The minimum absolute atomic E-state index is 0. The van der Waals surface area contributed by atoms with Gasteiger partial charge in [0, 0.05) is 16.1 Å². The molecule has 0 aliphatic carbocycles. The summed E-state index contributed by atoms with van der Waals surface area (Å²) in [4.78, 5) is 19.4. The Bertz CT molecular complexity index is 101. The van der Waals surface area contributed by atoms with E-state index in [1.165, 1.54) is 0 Å². The topological polar surface area (TPSA) is 80.3 Å². The third kappa shape index (κ3) is 12.8. The van der Waals surface area contributed by atoms with Gasteiger partial charge in [-0.15, -0.1) is 0 Å². The second-order valence-corrected chi connectivity index (χ2v) is 3.73. The van der Waals surface area contributed by atoms with Crippen LogP contribution in [0.3, 0.4) is 0 Å². The maximum absolute atomic E-state index is 9.72. The van der Waals surface area contributed by atoms with Gasteiger partial charge in [-0.2, -0.15) is 0 Å². The molecule has 0 heterocycles. The van der Waals surface area contributed by atoms with E-state index in [-0.39, 0.29) is 50.1 Å². The monoisotopic (exact) mass is 196 g/mol. The molecule has 0 bridgehead atoms. The van der Waals surface area contributed by atoms with Crippen molar-refractivity contribution in [3.63, 3.8) is 0 Å². The molecule has 0 rings (SSSR count). The van der Waals surface area contributed by atoms with E-state index in [1.807, 2.05) is 0 Å². The zero-order valence-corrected chi connectivity index (χ0v) is 8.96. The smallest absolute Gasteiger partial charge is 0.802 e. The van der Waals surface area contributed by atoms with Crippen LogP contribution < -0.4 is 9.79 Å². The van der Waals surface area contributed by atoms with E-state index < -0.39 is 16.1 Å². The Morgan fingerprint density at radius 2 is 1.22 bits per heavy atom. The fraction of sp³-hybridized carbons (Fsp3) is 1.00. The molecule has 9 heavy (non-hydrogen) atoms. The van der Waals surface area contributed by atoms with Crippen molar-refractivity contribution in [2.75, 3.05) is 12.3 Å². The molecular weight excluding hydrogens is 190 g/mol. The van der Waals surface area contributed by atoms with Gasteiger partial charge in [-0.25, -0.2) is 0 Å². The fourth-order valence-corrected chi connectivity index (χ4v) is 1.84. The molecule has 50 valence electrons. The zero-order valence-electron chi connectivity index (χ0n) is 4.75. The molecule has 7 heteroatoms. The van der Waals surface area contributed by atoms with Crippen LogP contribution in [0.15, 0.2) is 0 Å². The summed E-state index contributed by atoms with van der Waals surface area (Å²) in [5.41, 5.74) is 0. The van der Waals surface area contributed by atoms with E-state index >= 15 is 0 Å². The quantitative estimate of drug-likeness (QED) is 0.397. The molecule has 0 saturated heterocycles. The van der Waals surface area contributed by atoms with Gasteiger partial charge in [0.05, 0.1) is 0 Å². The molecule has 0 spiro atoms. The normalized spacial score (nSPS) is 15.8. The summed E-state index contributed by atoms with van der Waals surface area (Å²) in [6.45, 7) is 0. The molecule has 0 amide bonds. The largest absolute Gasteiger partial charge is 2.00 e. The molecule has 0 aromatic heterocycles. The molecule has 0 N–H and O–H groups in total. The first-order chi connectivity index (χ1) is 3.63. The van der Waals surface area contributed by atoms with Gasteiger partial charge in [0.2, 0.25) is 0 Å². The summed E-state index contributed by atoms with van der Waals surface area (Å²) in [5, 5.41) is 0. The summed E-state index contributed by atoms with van der Waals surface area (Å²) >= 11 is 0. The van der Waals surface area contributed by atoms with Crippen molar-refractivity contribution in [1.29, 1.82) is 0 Å². The van der Waals surface area contributed by atoms with E-state index in [2.05, 4.69) is 0 Å². The van der Waals surface area contributed by atoms with Crippen molar-refractivity contribution >= 4 is 53.8 Å². The Hall–Kier alpha value is 1.64. The molecule has 0 saturated carbocycles. The summed E-state index contributed by atoms with van der Waals surface area (Å²) in [6, 6.07) is 0. The SMILES string of the molecule is O=[PH]([O-])CC[PH](=O)[O-].[Ca+2]. The first-order valence-electron chi connectivity index (χ1n) is 2.02. The Morgan fingerprint density at radius 3 is 1.33 bits per heavy atom. The first kappa shape index (κ1) is 13.2. The summed E-state index contributed by atoms with van der Waals surface area (Å²) < 4.78 is 19.4. The second kappa shape index (κ2) is 7.74. The van der Waals surface area contributed by atoms with Crippen LogP contribution in [0, 0.1) is 0 Å². The third-order valence-electron chi connectivity index (χ3n) is 0.533. The fourth-order valence-electron chi connectivity index (χ4n) is 0.204. The van der Waals surface area contributed by atoms with Crippen LogP contribution in [0.4, 0.5) is 0 Å². The van der Waals surface area contributed by atoms with Gasteiger partial charge in [-0.3, -0.25) is 0 Å². The molecular formula is C2H6CaO4P2. The summed E-state index contributed by atoms with van der Waals surface area (Å²) in [5.74, 6) is 0. The van der Waals surface area contributed by atoms with Crippen molar-refractivity contribution in [2.24, 2.45) is 0 Å². The van der Waals surface area contributed by atoms with Crippen molar-refractivity contribution in [3.8, 4) is 0 Å². The minimum atomic E-state index is -2.80. The number of hydrogen-bond donors (Lipinski definition) is 0. The third-order valence-corrected chi connectivity index (χ3v) is 2.35. The van der Waals surface area contributed by atoms with E-state index in [1.54, 1.807) is 0 Å². The van der Waals surface area contributed by atoms with Gasteiger partial charge in [0.15, 0.2) is 0 Å². The van der Waals surface area contributed by atoms with Gasteiger partial charge in [-0.1, -0.05) is 0 Å². The van der Waals surface area contributed by atoms with Crippen molar-refractivity contribution < 1.29 is 18.9 Å².